The monoisotopic (exact) mass is 236 g/mol. The molecule has 1 saturated carbocycles. The fourth-order valence-electron chi connectivity index (χ4n) is 2.44. The molecule has 1 heterocycles. The Bertz CT molecular complexity index is 335. The summed E-state index contributed by atoms with van der Waals surface area (Å²) in [5.74, 6) is 0.448. The second-order valence-electron chi connectivity index (χ2n) is 4.56. The van der Waals surface area contributed by atoms with E-state index in [9.17, 15) is 0 Å². The van der Waals surface area contributed by atoms with Crippen LogP contribution >= 0.6 is 0 Å². The van der Waals surface area contributed by atoms with Gasteiger partial charge in [-0.1, -0.05) is 12.8 Å². The van der Waals surface area contributed by atoms with E-state index in [1.807, 2.05) is 0 Å². The molecule has 0 unspecified atom stereocenters. The maximum atomic E-state index is 9.12. The van der Waals surface area contributed by atoms with Crippen LogP contribution in [0.3, 0.4) is 0 Å². The second-order valence-corrected chi connectivity index (χ2v) is 4.56. The predicted octanol–water partition coefficient (Wildman–Crippen LogP) is 0.796. The van der Waals surface area contributed by atoms with E-state index < -0.39 is 0 Å². The summed E-state index contributed by atoms with van der Waals surface area (Å²) in [7, 11) is 0. The molecular formula is C12H20N4O. The number of aromatic nitrogens is 2. The van der Waals surface area contributed by atoms with Gasteiger partial charge in [0, 0.05) is 19.1 Å². The smallest absolute Gasteiger partial charge is 0.141 e. The van der Waals surface area contributed by atoms with Gasteiger partial charge in [-0.15, -0.1) is 0 Å². The normalized spacial score (nSPS) is 16.8. The maximum Gasteiger partial charge on any atom is 0.141 e. The van der Waals surface area contributed by atoms with Crippen LogP contribution in [0, 0.1) is 0 Å². The molecule has 3 N–H and O–H groups in total. The zero-order valence-electron chi connectivity index (χ0n) is 10.0. The third kappa shape index (κ3) is 3.38. The molecule has 0 aromatic carbocycles. The van der Waals surface area contributed by atoms with Crippen molar-refractivity contribution in [1.82, 2.24) is 14.9 Å². The van der Waals surface area contributed by atoms with Crippen LogP contribution in [0.25, 0.3) is 0 Å². The Balaban J connectivity index is 1.98. The van der Waals surface area contributed by atoms with Crippen molar-refractivity contribution in [2.45, 2.75) is 38.3 Å². The number of nitrogens with two attached hydrogens (primary N) is 1. The summed E-state index contributed by atoms with van der Waals surface area (Å²) in [6.07, 6.45) is 8.33. The molecule has 0 spiro atoms. The van der Waals surface area contributed by atoms with E-state index in [1.54, 1.807) is 12.4 Å². The third-order valence-corrected chi connectivity index (χ3v) is 3.32. The van der Waals surface area contributed by atoms with Crippen LogP contribution in [0.5, 0.6) is 0 Å². The van der Waals surface area contributed by atoms with E-state index in [2.05, 4.69) is 14.9 Å². The highest BCUT2D eigenvalue weighted by molar-refractivity contribution is 5.22. The summed E-state index contributed by atoms with van der Waals surface area (Å²) < 4.78 is 0. The van der Waals surface area contributed by atoms with Crippen LogP contribution in [0.15, 0.2) is 12.4 Å². The Labute approximate surface area is 102 Å². The lowest BCUT2D eigenvalue weighted by Gasteiger charge is -2.27. The van der Waals surface area contributed by atoms with Gasteiger partial charge in [0.05, 0.1) is 24.7 Å². The van der Waals surface area contributed by atoms with Crippen molar-refractivity contribution in [1.29, 1.82) is 0 Å². The first-order chi connectivity index (χ1) is 8.29. The van der Waals surface area contributed by atoms with E-state index in [-0.39, 0.29) is 6.61 Å². The van der Waals surface area contributed by atoms with Crippen molar-refractivity contribution in [2.24, 2.45) is 0 Å². The minimum Gasteiger partial charge on any atom is -0.395 e. The summed E-state index contributed by atoms with van der Waals surface area (Å²) in [6, 6.07) is 0.585. The first-order valence-corrected chi connectivity index (χ1v) is 6.21. The standard InChI is InChI=1S/C12H20N4O/c13-12-8-14-10(7-15-12)9-16(5-6-17)11-3-1-2-4-11/h7-8,11,17H,1-6,9H2,(H2,13,15). The SMILES string of the molecule is Nc1cnc(CN(CCO)C2CCCC2)cn1. The Hall–Kier alpha value is -1.20. The van der Waals surface area contributed by atoms with Gasteiger partial charge in [-0.2, -0.15) is 0 Å². The number of anilines is 1. The molecular weight excluding hydrogens is 216 g/mol. The van der Waals surface area contributed by atoms with Gasteiger partial charge in [-0.05, 0) is 12.8 Å². The minimum atomic E-state index is 0.193. The number of nitrogen functional groups attached to an aromatic ring is 1. The molecule has 1 aliphatic carbocycles. The topological polar surface area (TPSA) is 75.3 Å². The fraction of sp³-hybridized carbons (Fsp3) is 0.667. The molecule has 1 fully saturated rings. The summed E-state index contributed by atoms with van der Waals surface area (Å²) in [4.78, 5) is 10.6. The van der Waals surface area contributed by atoms with Gasteiger partial charge in [-0.3, -0.25) is 9.88 Å². The Morgan fingerprint density at radius 1 is 1.29 bits per heavy atom. The number of rotatable bonds is 5. The number of hydrogen-bond donors (Lipinski definition) is 2. The van der Waals surface area contributed by atoms with Gasteiger partial charge in [0.2, 0.25) is 0 Å². The summed E-state index contributed by atoms with van der Waals surface area (Å²) in [5.41, 5.74) is 6.43. The molecule has 1 aromatic rings. The van der Waals surface area contributed by atoms with Gasteiger partial charge in [0.25, 0.3) is 0 Å². The molecule has 0 amide bonds. The van der Waals surface area contributed by atoms with Gasteiger partial charge >= 0.3 is 0 Å². The number of hydrogen-bond acceptors (Lipinski definition) is 5. The summed E-state index contributed by atoms with van der Waals surface area (Å²) >= 11 is 0. The summed E-state index contributed by atoms with van der Waals surface area (Å²) in [5, 5.41) is 9.12. The van der Waals surface area contributed by atoms with E-state index in [0.29, 0.717) is 18.4 Å². The van der Waals surface area contributed by atoms with E-state index in [0.717, 1.165) is 12.2 Å². The lowest BCUT2D eigenvalue weighted by Crippen LogP contribution is -2.35. The number of aliphatic hydroxyl groups is 1. The molecule has 0 bridgehead atoms. The second kappa shape index (κ2) is 5.93. The van der Waals surface area contributed by atoms with E-state index in [4.69, 9.17) is 10.8 Å². The quantitative estimate of drug-likeness (QED) is 0.790. The first-order valence-electron chi connectivity index (χ1n) is 6.21. The minimum absolute atomic E-state index is 0.193. The van der Waals surface area contributed by atoms with Crippen molar-refractivity contribution in [3.8, 4) is 0 Å². The van der Waals surface area contributed by atoms with Gasteiger partial charge in [-0.25, -0.2) is 4.98 Å². The van der Waals surface area contributed by atoms with Gasteiger partial charge in [0.1, 0.15) is 5.82 Å². The molecule has 5 nitrogen and oxygen atoms in total. The van der Waals surface area contributed by atoms with Gasteiger partial charge < -0.3 is 10.8 Å². The number of nitrogens with zero attached hydrogens (tertiary/aromatic N) is 3. The number of aliphatic hydroxyl groups excluding tert-OH is 1. The maximum absolute atomic E-state index is 9.12. The van der Waals surface area contributed by atoms with Crippen LogP contribution in [0.4, 0.5) is 5.82 Å². The molecule has 0 aliphatic heterocycles. The highest BCUT2D eigenvalue weighted by atomic mass is 16.3. The third-order valence-electron chi connectivity index (χ3n) is 3.32. The van der Waals surface area contributed by atoms with Crippen LogP contribution in [-0.2, 0) is 6.54 Å². The Morgan fingerprint density at radius 2 is 2.06 bits per heavy atom. The Morgan fingerprint density at radius 3 is 2.65 bits per heavy atom. The van der Waals surface area contributed by atoms with Crippen molar-refractivity contribution in [2.75, 3.05) is 18.9 Å². The first kappa shape index (κ1) is 12.3. The molecule has 1 aliphatic rings. The molecule has 1 aromatic heterocycles. The average molecular weight is 236 g/mol. The van der Waals surface area contributed by atoms with Crippen LogP contribution < -0.4 is 5.73 Å². The molecule has 94 valence electrons. The van der Waals surface area contributed by atoms with Gasteiger partial charge in [0.15, 0.2) is 0 Å². The lowest BCUT2D eigenvalue weighted by molar-refractivity contribution is 0.143. The van der Waals surface area contributed by atoms with Crippen molar-refractivity contribution in [3.05, 3.63) is 18.1 Å². The van der Waals surface area contributed by atoms with E-state index in [1.165, 1.54) is 25.7 Å². The Kier molecular flexibility index (Phi) is 4.28. The fourth-order valence-corrected chi connectivity index (χ4v) is 2.44. The molecule has 0 atom stereocenters. The molecule has 17 heavy (non-hydrogen) atoms. The van der Waals surface area contributed by atoms with E-state index >= 15 is 0 Å². The van der Waals surface area contributed by atoms with Crippen molar-refractivity contribution < 1.29 is 5.11 Å². The molecule has 0 saturated heterocycles. The molecule has 0 radical (unpaired) electrons. The predicted molar refractivity (Wildman–Crippen MR) is 66.2 cm³/mol. The van der Waals surface area contributed by atoms with Crippen LogP contribution in [0.2, 0.25) is 0 Å². The highest BCUT2D eigenvalue weighted by Gasteiger charge is 2.22. The average Bonchev–Trinajstić information content (AvgIpc) is 2.85. The lowest BCUT2D eigenvalue weighted by atomic mass is 10.2. The zero-order valence-corrected chi connectivity index (χ0v) is 10.0. The van der Waals surface area contributed by atoms with Crippen molar-refractivity contribution >= 4 is 5.82 Å². The largest absolute Gasteiger partial charge is 0.395 e. The van der Waals surface area contributed by atoms with Crippen molar-refractivity contribution in [3.63, 3.8) is 0 Å². The highest BCUT2D eigenvalue weighted by Crippen LogP contribution is 2.24. The van der Waals surface area contributed by atoms with Crippen LogP contribution in [-0.4, -0.2) is 39.2 Å². The molecule has 2 rings (SSSR count). The zero-order chi connectivity index (χ0) is 12.1. The molecule has 5 heteroatoms. The van der Waals surface area contributed by atoms with Crippen LogP contribution in [0.1, 0.15) is 31.4 Å². The summed E-state index contributed by atoms with van der Waals surface area (Å²) in [6.45, 7) is 1.65.